The van der Waals surface area contributed by atoms with Crippen molar-refractivity contribution in [2.75, 3.05) is 0 Å². The number of rotatable bonds is 1. The summed E-state index contributed by atoms with van der Waals surface area (Å²) < 4.78 is 0. The Morgan fingerprint density at radius 1 is 1.11 bits per heavy atom. The molecule has 3 heteroatoms. The molecule has 0 amide bonds. The summed E-state index contributed by atoms with van der Waals surface area (Å²) in [5.74, 6) is 0.841. The highest BCUT2D eigenvalue weighted by Crippen LogP contribution is 2.23. The number of aromatic amines is 1. The molecule has 3 aromatic rings. The molecule has 0 spiro atoms. The average Bonchev–Trinajstić information content (AvgIpc) is 2.83. The van der Waals surface area contributed by atoms with Crippen molar-refractivity contribution in [1.82, 2.24) is 9.97 Å². The summed E-state index contributed by atoms with van der Waals surface area (Å²) in [6.45, 7) is 4.15. The number of hydrogen-bond donors (Lipinski definition) is 1. The Morgan fingerprint density at radius 3 is 2.53 bits per heavy atom. The number of benzene rings is 2. The number of H-pyrrole nitrogens is 1. The molecule has 0 fully saturated rings. The number of hydrogen-bond acceptors (Lipinski definition) is 2. The number of imidazole rings is 1. The van der Waals surface area contributed by atoms with E-state index in [1.54, 1.807) is 12.1 Å². The number of nitrogens with zero attached hydrogens (tertiary/aromatic N) is 2. The molecule has 0 unspecified atom stereocenters. The second-order valence-electron chi connectivity index (χ2n) is 4.75. The first-order chi connectivity index (χ1) is 9.17. The minimum atomic E-state index is 0.659. The van der Waals surface area contributed by atoms with Gasteiger partial charge in [-0.2, -0.15) is 5.26 Å². The Kier molecular flexibility index (Phi) is 2.57. The van der Waals surface area contributed by atoms with Gasteiger partial charge in [0.05, 0.1) is 22.7 Å². The van der Waals surface area contributed by atoms with Crippen LogP contribution in [0.15, 0.2) is 36.4 Å². The average molecular weight is 247 g/mol. The first-order valence-electron chi connectivity index (χ1n) is 6.15. The predicted molar refractivity (Wildman–Crippen MR) is 75.7 cm³/mol. The van der Waals surface area contributed by atoms with Gasteiger partial charge in [-0.15, -0.1) is 0 Å². The minimum Gasteiger partial charge on any atom is -0.338 e. The van der Waals surface area contributed by atoms with Gasteiger partial charge in [-0.1, -0.05) is 6.07 Å². The van der Waals surface area contributed by atoms with Crippen LogP contribution in [0.2, 0.25) is 0 Å². The number of nitrogens with one attached hydrogen (secondary N) is 1. The molecule has 19 heavy (non-hydrogen) atoms. The largest absolute Gasteiger partial charge is 0.338 e. The van der Waals surface area contributed by atoms with E-state index < -0.39 is 0 Å². The normalized spacial score (nSPS) is 10.6. The molecule has 2 aromatic carbocycles. The van der Waals surface area contributed by atoms with Crippen LogP contribution < -0.4 is 0 Å². The third kappa shape index (κ3) is 1.98. The SMILES string of the molecule is Cc1cc(C)c2nc(-c3ccc(C#N)cc3)[nH]c2c1. The van der Waals surface area contributed by atoms with Crippen LogP contribution in [0.3, 0.4) is 0 Å². The number of nitriles is 1. The zero-order valence-corrected chi connectivity index (χ0v) is 10.9. The van der Waals surface area contributed by atoms with Gasteiger partial charge >= 0.3 is 0 Å². The van der Waals surface area contributed by atoms with Crippen LogP contribution in [0, 0.1) is 25.2 Å². The van der Waals surface area contributed by atoms with E-state index in [0.29, 0.717) is 5.56 Å². The van der Waals surface area contributed by atoms with E-state index in [2.05, 4.69) is 42.0 Å². The van der Waals surface area contributed by atoms with Crippen molar-refractivity contribution in [2.24, 2.45) is 0 Å². The molecule has 1 N–H and O–H groups in total. The zero-order chi connectivity index (χ0) is 13.4. The molecule has 0 radical (unpaired) electrons. The van der Waals surface area contributed by atoms with Crippen molar-refractivity contribution >= 4 is 11.0 Å². The standard InChI is InChI=1S/C16H13N3/c1-10-7-11(2)15-14(8-10)18-16(19-15)13-5-3-12(9-17)4-6-13/h3-8H,1-2H3,(H,18,19). The van der Waals surface area contributed by atoms with Gasteiger partial charge in [0.2, 0.25) is 0 Å². The van der Waals surface area contributed by atoms with Gasteiger partial charge in [-0.25, -0.2) is 4.98 Å². The van der Waals surface area contributed by atoms with Crippen molar-refractivity contribution in [1.29, 1.82) is 5.26 Å². The van der Waals surface area contributed by atoms with Crippen LogP contribution in [0.4, 0.5) is 0 Å². The molecule has 3 nitrogen and oxygen atoms in total. The van der Waals surface area contributed by atoms with Crippen molar-refractivity contribution in [3.8, 4) is 17.5 Å². The highest BCUT2D eigenvalue weighted by molar-refractivity contribution is 5.83. The molecule has 1 heterocycles. The molecule has 0 saturated carbocycles. The molecule has 0 saturated heterocycles. The van der Waals surface area contributed by atoms with Crippen LogP contribution in [-0.2, 0) is 0 Å². The quantitative estimate of drug-likeness (QED) is 0.712. The maximum atomic E-state index is 8.81. The van der Waals surface area contributed by atoms with Crippen molar-refractivity contribution in [3.63, 3.8) is 0 Å². The maximum absolute atomic E-state index is 8.81. The summed E-state index contributed by atoms with van der Waals surface area (Å²) in [6, 6.07) is 13.8. The van der Waals surface area contributed by atoms with E-state index in [-0.39, 0.29) is 0 Å². The summed E-state index contributed by atoms with van der Waals surface area (Å²) >= 11 is 0. The van der Waals surface area contributed by atoms with E-state index in [9.17, 15) is 0 Å². The van der Waals surface area contributed by atoms with Gasteiger partial charge in [-0.3, -0.25) is 0 Å². The number of aromatic nitrogens is 2. The fourth-order valence-electron chi connectivity index (χ4n) is 2.31. The summed E-state index contributed by atoms with van der Waals surface area (Å²) in [7, 11) is 0. The summed E-state index contributed by atoms with van der Waals surface area (Å²) in [5.41, 5.74) is 6.10. The topological polar surface area (TPSA) is 52.5 Å². The molecule has 0 bridgehead atoms. The van der Waals surface area contributed by atoms with Gasteiger partial charge in [0.25, 0.3) is 0 Å². The van der Waals surface area contributed by atoms with Crippen LogP contribution in [0.25, 0.3) is 22.4 Å². The Morgan fingerprint density at radius 2 is 1.84 bits per heavy atom. The summed E-state index contributed by atoms with van der Waals surface area (Å²) in [6.07, 6.45) is 0. The molecule has 0 aliphatic carbocycles. The lowest BCUT2D eigenvalue weighted by Crippen LogP contribution is -1.81. The predicted octanol–water partition coefficient (Wildman–Crippen LogP) is 3.72. The van der Waals surface area contributed by atoms with Crippen LogP contribution in [0.5, 0.6) is 0 Å². The zero-order valence-electron chi connectivity index (χ0n) is 10.9. The van der Waals surface area contributed by atoms with Gasteiger partial charge in [-0.05, 0) is 55.3 Å². The van der Waals surface area contributed by atoms with Crippen LogP contribution >= 0.6 is 0 Å². The third-order valence-electron chi connectivity index (χ3n) is 3.21. The van der Waals surface area contributed by atoms with E-state index in [1.165, 1.54) is 11.1 Å². The Hall–Kier alpha value is -2.60. The van der Waals surface area contributed by atoms with Gasteiger partial charge in [0.15, 0.2) is 0 Å². The molecule has 0 atom stereocenters. The fraction of sp³-hybridized carbons (Fsp3) is 0.125. The summed E-state index contributed by atoms with van der Waals surface area (Å²) in [4.78, 5) is 7.98. The van der Waals surface area contributed by atoms with E-state index in [4.69, 9.17) is 5.26 Å². The first kappa shape index (κ1) is 11.5. The Labute approximate surface area is 111 Å². The molecule has 0 aliphatic heterocycles. The summed E-state index contributed by atoms with van der Waals surface area (Å²) in [5, 5.41) is 8.81. The fourth-order valence-corrected chi connectivity index (χ4v) is 2.31. The third-order valence-corrected chi connectivity index (χ3v) is 3.21. The van der Waals surface area contributed by atoms with Gasteiger partial charge in [0, 0.05) is 5.56 Å². The molecule has 0 aliphatic rings. The molecule has 92 valence electrons. The van der Waals surface area contributed by atoms with Crippen molar-refractivity contribution in [3.05, 3.63) is 53.1 Å². The lowest BCUT2D eigenvalue weighted by atomic mass is 10.1. The van der Waals surface area contributed by atoms with E-state index >= 15 is 0 Å². The number of aryl methyl sites for hydroxylation is 2. The van der Waals surface area contributed by atoms with Crippen LogP contribution in [0.1, 0.15) is 16.7 Å². The first-order valence-corrected chi connectivity index (χ1v) is 6.15. The monoisotopic (exact) mass is 247 g/mol. The molecular weight excluding hydrogens is 234 g/mol. The Balaban J connectivity index is 2.15. The molecule has 1 aromatic heterocycles. The molecule has 3 rings (SSSR count). The minimum absolute atomic E-state index is 0.659. The Bertz CT molecular complexity index is 789. The lowest BCUT2D eigenvalue weighted by molar-refractivity contribution is 1.33. The molecular formula is C16H13N3. The highest BCUT2D eigenvalue weighted by Gasteiger charge is 2.07. The van der Waals surface area contributed by atoms with Gasteiger partial charge < -0.3 is 4.98 Å². The van der Waals surface area contributed by atoms with E-state index in [1.807, 2.05) is 12.1 Å². The van der Waals surface area contributed by atoms with Crippen LogP contribution in [-0.4, -0.2) is 9.97 Å². The van der Waals surface area contributed by atoms with Crippen molar-refractivity contribution < 1.29 is 0 Å². The lowest BCUT2D eigenvalue weighted by Gasteiger charge is -1.96. The highest BCUT2D eigenvalue weighted by atomic mass is 14.9. The van der Waals surface area contributed by atoms with Crippen molar-refractivity contribution in [2.45, 2.75) is 13.8 Å². The number of fused-ring (bicyclic) bond motifs is 1. The smallest absolute Gasteiger partial charge is 0.138 e. The second-order valence-corrected chi connectivity index (χ2v) is 4.75. The maximum Gasteiger partial charge on any atom is 0.138 e. The van der Waals surface area contributed by atoms with Gasteiger partial charge in [0.1, 0.15) is 5.82 Å². The second kappa shape index (κ2) is 4.25. The van der Waals surface area contributed by atoms with E-state index in [0.717, 1.165) is 22.4 Å².